The van der Waals surface area contributed by atoms with Crippen LogP contribution >= 0.6 is 0 Å². The molecule has 0 bridgehead atoms. The number of Topliss-reactive ketones (excluding diaryl/α,β-unsaturated/α-hetero) is 1. The molecule has 0 aromatic heterocycles. The van der Waals surface area contributed by atoms with Gasteiger partial charge in [0, 0.05) is 11.1 Å². The van der Waals surface area contributed by atoms with E-state index in [1.54, 1.807) is 18.2 Å². The first kappa shape index (κ1) is 34.7. The molecule has 3 aromatic rings. The molecule has 0 radical (unpaired) electrons. The minimum atomic E-state index is -5.08. The van der Waals surface area contributed by atoms with Gasteiger partial charge in [-0.1, -0.05) is 35.4 Å². The van der Waals surface area contributed by atoms with E-state index in [4.69, 9.17) is 19.4 Å². The molecule has 0 aliphatic rings. The van der Waals surface area contributed by atoms with Crippen LogP contribution in [0.25, 0.3) is 0 Å². The van der Waals surface area contributed by atoms with E-state index in [0.29, 0.717) is 16.7 Å². The molecule has 0 heterocycles. The molecule has 0 aliphatic heterocycles. The number of halogens is 3. The molecule has 230 valence electrons. The molecule has 0 atom stereocenters. The van der Waals surface area contributed by atoms with Gasteiger partial charge in [-0.2, -0.15) is 13.2 Å². The lowest BCUT2D eigenvalue weighted by molar-refractivity contribution is -0.192. The van der Waals surface area contributed by atoms with Gasteiger partial charge in [0.25, 0.3) is 0 Å². The minimum absolute atomic E-state index is 0.000279. The molecule has 2 N–H and O–H groups in total. The van der Waals surface area contributed by atoms with E-state index in [-0.39, 0.29) is 29.4 Å². The quantitative estimate of drug-likeness (QED) is 0.178. The molecule has 8 nitrogen and oxygen atoms in total. The Morgan fingerprint density at radius 2 is 1.16 bits per heavy atom. The van der Waals surface area contributed by atoms with Gasteiger partial charge < -0.3 is 19.9 Å². The number of carboxylic acid groups (broad SMARTS) is 1. The highest BCUT2D eigenvalue weighted by Gasteiger charge is 2.38. The minimum Gasteiger partial charge on any atom is -0.475 e. The second-order valence-electron chi connectivity index (χ2n) is 10.9. The van der Waals surface area contributed by atoms with Crippen molar-refractivity contribution in [2.24, 2.45) is 0 Å². The molecule has 0 aliphatic carbocycles. The van der Waals surface area contributed by atoms with Crippen LogP contribution in [-0.4, -0.2) is 47.1 Å². The zero-order valence-corrected chi connectivity index (χ0v) is 24.9. The molecule has 0 fully saturated rings. The average Bonchev–Trinajstić information content (AvgIpc) is 2.87. The number of aryl methyl sites for hydroxylation is 4. The predicted molar refractivity (Wildman–Crippen MR) is 154 cm³/mol. The summed E-state index contributed by atoms with van der Waals surface area (Å²) in [4.78, 5) is 47.7. The van der Waals surface area contributed by atoms with E-state index in [2.05, 4.69) is 5.32 Å². The molecule has 0 amide bonds. The maximum atomic E-state index is 13.0. The van der Waals surface area contributed by atoms with Crippen molar-refractivity contribution in [3.05, 3.63) is 93.5 Å². The lowest BCUT2D eigenvalue weighted by atomic mass is 10.1. The number of carbonyl (C=O) groups excluding carboxylic acids is 3. The second kappa shape index (κ2) is 14.1. The number of carbonyl (C=O) groups is 4. The fraction of sp³-hybridized carbons (Fsp3) is 0.312. The third-order valence-corrected chi connectivity index (χ3v) is 5.90. The first-order valence-corrected chi connectivity index (χ1v) is 13.1. The summed E-state index contributed by atoms with van der Waals surface area (Å²) in [6, 6.07) is 15.3. The molecule has 0 unspecified atom stereocenters. The molecular weight excluding hydrogens is 567 g/mol. The van der Waals surface area contributed by atoms with Crippen LogP contribution in [0.2, 0.25) is 0 Å². The number of carboxylic acids is 1. The third kappa shape index (κ3) is 10.7. The summed E-state index contributed by atoms with van der Waals surface area (Å²) < 4.78 is 43.1. The average molecular weight is 602 g/mol. The summed E-state index contributed by atoms with van der Waals surface area (Å²) in [5.41, 5.74) is 4.46. The highest BCUT2D eigenvalue weighted by atomic mass is 19.4. The molecule has 0 saturated carbocycles. The standard InChI is InChI=1S/C30H33NO5.C2HF3O2/c1-18-8-11-23(20(3)14-18)28(33)35-26-13-10-22(25(32)17-31-30(5,6)7)16-27(26)36-29(34)24-12-9-19(2)15-21(24)4;3-2(4,5)1(6)7/h8-16,31H,17H2,1-7H3;(H,6,7). The SMILES string of the molecule is Cc1ccc(C(=O)Oc2ccc(C(=O)CNC(C)(C)C)cc2OC(=O)c2ccc(C)cc2C)c(C)c1.O=C(O)C(F)(F)F. The Kier molecular flexibility index (Phi) is 11.4. The van der Waals surface area contributed by atoms with Crippen LogP contribution in [0.4, 0.5) is 13.2 Å². The summed E-state index contributed by atoms with van der Waals surface area (Å²) >= 11 is 0. The van der Waals surface area contributed by atoms with Gasteiger partial charge in [-0.3, -0.25) is 4.79 Å². The van der Waals surface area contributed by atoms with Gasteiger partial charge in [0.05, 0.1) is 17.7 Å². The van der Waals surface area contributed by atoms with Crippen molar-refractivity contribution in [2.75, 3.05) is 6.54 Å². The van der Waals surface area contributed by atoms with Crippen LogP contribution < -0.4 is 14.8 Å². The Morgan fingerprint density at radius 1 is 0.721 bits per heavy atom. The van der Waals surface area contributed by atoms with Gasteiger partial charge in [-0.15, -0.1) is 0 Å². The normalized spacial score (nSPS) is 11.2. The van der Waals surface area contributed by atoms with Crippen LogP contribution in [0.1, 0.15) is 74.1 Å². The number of rotatable bonds is 7. The molecule has 43 heavy (non-hydrogen) atoms. The van der Waals surface area contributed by atoms with Crippen LogP contribution in [0.3, 0.4) is 0 Å². The summed E-state index contributed by atoms with van der Waals surface area (Å²) in [5.74, 6) is -4.06. The number of hydrogen-bond donors (Lipinski definition) is 2. The number of alkyl halides is 3. The molecule has 3 rings (SSSR count). The molecular formula is C32H34F3NO7. The summed E-state index contributed by atoms with van der Waals surface area (Å²) in [7, 11) is 0. The maximum Gasteiger partial charge on any atom is 0.490 e. The monoisotopic (exact) mass is 601 g/mol. The van der Waals surface area contributed by atoms with Gasteiger partial charge in [0.15, 0.2) is 17.3 Å². The lowest BCUT2D eigenvalue weighted by Gasteiger charge is -2.20. The fourth-order valence-corrected chi connectivity index (χ4v) is 3.69. The van der Waals surface area contributed by atoms with E-state index in [9.17, 15) is 27.6 Å². The number of ketones is 1. The van der Waals surface area contributed by atoms with E-state index in [1.165, 1.54) is 12.1 Å². The third-order valence-electron chi connectivity index (χ3n) is 5.90. The van der Waals surface area contributed by atoms with Gasteiger partial charge in [0.1, 0.15) is 0 Å². The Hall–Kier alpha value is -4.51. The molecule has 0 spiro atoms. The largest absolute Gasteiger partial charge is 0.490 e. The maximum absolute atomic E-state index is 13.0. The van der Waals surface area contributed by atoms with Crippen LogP contribution in [0.5, 0.6) is 11.5 Å². The van der Waals surface area contributed by atoms with E-state index < -0.39 is 24.1 Å². The lowest BCUT2D eigenvalue weighted by Crippen LogP contribution is -2.39. The summed E-state index contributed by atoms with van der Waals surface area (Å²) in [5, 5.41) is 10.3. The van der Waals surface area contributed by atoms with Crippen molar-refractivity contribution in [1.82, 2.24) is 5.32 Å². The molecule has 11 heteroatoms. The van der Waals surface area contributed by atoms with Gasteiger partial charge in [-0.25, -0.2) is 14.4 Å². The van der Waals surface area contributed by atoms with Crippen molar-refractivity contribution in [3.63, 3.8) is 0 Å². The number of hydrogen-bond acceptors (Lipinski definition) is 7. The van der Waals surface area contributed by atoms with Gasteiger partial charge in [0.2, 0.25) is 0 Å². The Bertz CT molecular complexity index is 1520. The second-order valence-corrected chi connectivity index (χ2v) is 10.9. The summed E-state index contributed by atoms with van der Waals surface area (Å²) in [6.45, 7) is 13.5. The Morgan fingerprint density at radius 3 is 1.56 bits per heavy atom. The van der Waals surface area contributed by atoms with E-state index >= 15 is 0 Å². The zero-order valence-electron chi connectivity index (χ0n) is 24.9. The van der Waals surface area contributed by atoms with Crippen LogP contribution in [0, 0.1) is 27.7 Å². The summed E-state index contributed by atoms with van der Waals surface area (Å²) in [6.07, 6.45) is -5.08. The first-order valence-electron chi connectivity index (χ1n) is 13.1. The number of nitrogens with one attached hydrogen (secondary N) is 1. The van der Waals surface area contributed by atoms with Gasteiger partial charge >= 0.3 is 24.1 Å². The van der Waals surface area contributed by atoms with Crippen molar-refractivity contribution in [2.45, 2.75) is 60.2 Å². The number of ether oxygens (including phenoxy) is 2. The number of benzene rings is 3. The number of aliphatic carboxylic acids is 1. The van der Waals surface area contributed by atoms with Crippen molar-refractivity contribution in [1.29, 1.82) is 0 Å². The number of esters is 2. The first-order chi connectivity index (χ1) is 19.8. The Labute approximate surface area is 247 Å². The van der Waals surface area contributed by atoms with Crippen molar-refractivity contribution in [3.8, 4) is 11.5 Å². The topological polar surface area (TPSA) is 119 Å². The zero-order chi connectivity index (χ0) is 32.7. The van der Waals surface area contributed by atoms with E-state index in [1.807, 2.05) is 72.7 Å². The van der Waals surface area contributed by atoms with Crippen LogP contribution in [-0.2, 0) is 4.79 Å². The Balaban J connectivity index is 0.000000821. The van der Waals surface area contributed by atoms with Crippen molar-refractivity contribution < 1.29 is 46.9 Å². The highest BCUT2D eigenvalue weighted by Crippen LogP contribution is 2.31. The molecule has 3 aromatic carbocycles. The smallest absolute Gasteiger partial charge is 0.475 e. The van der Waals surface area contributed by atoms with Crippen molar-refractivity contribution >= 4 is 23.7 Å². The molecule has 0 saturated heterocycles. The van der Waals surface area contributed by atoms with Gasteiger partial charge in [-0.05, 0) is 89.9 Å². The highest BCUT2D eigenvalue weighted by molar-refractivity contribution is 5.99. The van der Waals surface area contributed by atoms with E-state index in [0.717, 1.165) is 22.3 Å². The van der Waals surface area contributed by atoms with Crippen LogP contribution in [0.15, 0.2) is 54.6 Å². The predicted octanol–water partition coefficient (Wildman–Crippen LogP) is 6.56. The fourth-order valence-electron chi connectivity index (χ4n) is 3.69.